The largest absolute Gasteiger partial charge is 0.508 e. The maximum atomic E-state index is 13.3. The molecule has 0 saturated carbocycles. The minimum atomic E-state index is -1.03. The summed E-state index contributed by atoms with van der Waals surface area (Å²) in [5.74, 6) is -2.82. The quantitative estimate of drug-likeness (QED) is 0.302. The molecule has 11 heteroatoms. The number of nitrogens with one attached hydrogen (secondary N) is 2. The number of hydrogen-bond acceptors (Lipinski definition) is 8. The average Bonchev–Trinajstić information content (AvgIpc) is 3.51. The van der Waals surface area contributed by atoms with E-state index >= 15 is 0 Å². The zero-order valence-electron chi connectivity index (χ0n) is 24.3. The van der Waals surface area contributed by atoms with Crippen LogP contribution in [0.25, 0.3) is 0 Å². The maximum absolute atomic E-state index is 13.3. The molecule has 0 aromatic heterocycles. The van der Waals surface area contributed by atoms with Crippen LogP contribution < -0.4 is 10.6 Å². The Balaban J connectivity index is 1.12. The lowest BCUT2D eigenvalue weighted by molar-refractivity contribution is -0.136. The molecule has 3 aliphatic rings. The molecule has 3 aromatic rings. The van der Waals surface area contributed by atoms with Gasteiger partial charge in [-0.05, 0) is 59.2 Å². The van der Waals surface area contributed by atoms with E-state index in [1.165, 1.54) is 6.07 Å². The zero-order valence-corrected chi connectivity index (χ0v) is 24.3. The Hall–Kier alpha value is -5.19. The normalized spacial score (nSPS) is 17.7. The van der Waals surface area contributed by atoms with Gasteiger partial charge in [0.2, 0.25) is 11.8 Å². The highest BCUT2D eigenvalue weighted by atomic mass is 16.3. The van der Waals surface area contributed by atoms with Crippen LogP contribution in [0.15, 0.2) is 48.5 Å². The zero-order chi connectivity index (χ0) is 31.3. The Bertz CT molecular complexity index is 1750. The number of anilines is 1. The molecule has 11 nitrogen and oxygen atoms in total. The molecule has 1 atom stereocenters. The van der Waals surface area contributed by atoms with E-state index in [1.807, 2.05) is 32.0 Å². The van der Waals surface area contributed by atoms with Gasteiger partial charge in [-0.1, -0.05) is 38.1 Å². The van der Waals surface area contributed by atoms with Crippen LogP contribution in [0, 0.1) is 0 Å². The SMILES string of the molecule is CC(C)c1cc(C(=O)N2Cc3ccc(CCNc4cccc5c4C(=O)N(C4CCC(=O)NC4=O)C5=O)cc3C2)c(O)cc1O. The Morgan fingerprint density at radius 2 is 1.75 bits per heavy atom. The van der Waals surface area contributed by atoms with Gasteiger partial charge in [-0.25, -0.2) is 0 Å². The number of aromatic hydroxyl groups is 2. The number of carbonyl (C=O) groups excluding carboxylic acids is 5. The lowest BCUT2D eigenvalue weighted by atomic mass is 9.98. The van der Waals surface area contributed by atoms with E-state index in [0.29, 0.717) is 37.3 Å². The number of rotatable bonds is 7. The van der Waals surface area contributed by atoms with E-state index < -0.39 is 29.7 Å². The number of imide groups is 2. The van der Waals surface area contributed by atoms with Crippen molar-refractivity contribution in [1.29, 1.82) is 0 Å². The van der Waals surface area contributed by atoms with Gasteiger partial charge in [-0.3, -0.25) is 34.2 Å². The fourth-order valence-corrected chi connectivity index (χ4v) is 6.15. The first-order valence-electron chi connectivity index (χ1n) is 14.6. The summed E-state index contributed by atoms with van der Waals surface area (Å²) in [6.45, 7) is 5.05. The van der Waals surface area contributed by atoms with Gasteiger partial charge in [0.05, 0.1) is 16.7 Å². The second kappa shape index (κ2) is 11.1. The van der Waals surface area contributed by atoms with Gasteiger partial charge in [-0.2, -0.15) is 0 Å². The molecule has 4 N–H and O–H groups in total. The predicted molar refractivity (Wildman–Crippen MR) is 159 cm³/mol. The molecule has 6 rings (SSSR count). The molecule has 44 heavy (non-hydrogen) atoms. The summed E-state index contributed by atoms with van der Waals surface area (Å²) in [5.41, 5.74) is 4.69. The van der Waals surface area contributed by atoms with Crippen molar-refractivity contribution < 1.29 is 34.2 Å². The number of phenols is 2. The van der Waals surface area contributed by atoms with Crippen molar-refractivity contribution in [2.24, 2.45) is 0 Å². The van der Waals surface area contributed by atoms with Crippen LogP contribution in [0.1, 0.15) is 85.9 Å². The molecule has 3 heterocycles. The molecule has 1 fully saturated rings. The highest BCUT2D eigenvalue weighted by Gasteiger charge is 2.45. The number of piperidine rings is 1. The Morgan fingerprint density at radius 3 is 2.50 bits per heavy atom. The van der Waals surface area contributed by atoms with E-state index in [4.69, 9.17) is 0 Å². The second-order valence-corrected chi connectivity index (χ2v) is 11.7. The van der Waals surface area contributed by atoms with Crippen molar-refractivity contribution >= 4 is 35.2 Å². The van der Waals surface area contributed by atoms with Crippen molar-refractivity contribution in [3.05, 3.63) is 87.5 Å². The smallest absolute Gasteiger partial charge is 0.264 e. The summed E-state index contributed by atoms with van der Waals surface area (Å²) in [5, 5.41) is 26.0. The van der Waals surface area contributed by atoms with Gasteiger partial charge in [-0.15, -0.1) is 0 Å². The Labute approximate surface area is 253 Å². The van der Waals surface area contributed by atoms with Crippen molar-refractivity contribution in [3.63, 3.8) is 0 Å². The van der Waals surface area contributed by atoms with Gasteiger partial charge in [0.15, 0.2) is 0 Å². The number of nitrogens with zero attached hydrogens (tertiary/aromatic N) is 2. The van der Waals surface area contributed by atoms with Gasteiger partial charge in [0.25, 0.3) is 17.7 Å². The van der Waals surface area contributed by atoms with Crippen LogP contribution in [0.3, 0.4) is 0 Å². The number of benzene rings is 3. The molecule has 0 radical (unpaired) electrons. The molecule has 226 valence electrons. The number of carbonyl (C=O) groups is 5. The molecule has 3 aromatic carbocycles. The average molecular weight is 597 g/mol. The number of amides is 5. The summed E-state index contributed by atoms with van der Waals surface area (Å²) >= 11 is 0. The minimum absolute atomic E-state index is 0.0195. The topological polar surface area (TPSA) is 156 Å². The maximum Gasteiger partial charge on any atom is 0.264 e. The van der Waals surface area contributed by atoms with Crippen molar-refractivity contribution in [1.82, 2.24) is 15.1 Å². The first-order chi connectivity index (χ1) is 21.0. The lowest BCUT2D eigenvalue weighted by Gasteiger charge is -2.27. The van der Waals surface area contributed by atoms with Gasteiger partial charge < -0.3 is 20.4 Å². The van der Waals surface area contributed by atoms with Crippen LogP contribution in [-0.2, 0) is 29.1 Å². The fraction of sp³-hybridized carbons (Fsp3) is 0.303. The molecular formula is C33H32N4O7. The van der Waals surface area contributed by atoms with Gasteiger partial charge >= 0.3 is 0 Å². The minimum Gasteiger partial charge on any atom is -0.508 e. The second-order valence-electron chi connectivity index (χ2n) is 11.7. The van der Waals surface area contributed by atoms with E-state index in [0.717, 1.165) is 21.6 Å². The monoisotopic (exact) mass is 596 g/mol. The summed E-state index contributed by atoms with van der Waals surface area (Å²) in [4.78, 5) is 66.3. The standard InChI is InChI=1S/C33H32N4O7/c1-17(2)22-13-23(27(39)14-26(22)38)31(42)36-15-19-7-6-18(12-20(19)16-36)10-11-34-24-5-3-4-21-29(24)33(44)37(32(21)43)25-8-9-28(40)35-30(25)41/h3-7,12-14,17,25,34,38-39H,8-11,15-16H2,1-2H3,(H,35,40,41). The van der Waals surface area contributed by atoms with Crippen LogP contribution in [0.2, 0.25) is 0 Å². The van der Waals surface area contributed by atoms with E-state index in [2.05, 4.69) is 10.6 Å². The summed E-state index contributed by atoms with van der Waals surface area (Å²) in [6, 6.07) is 12.7. The van der Waals surface area contributed by atoms with Gasteiger partial charge in [0.1, 0.15) is 17.5 Å². The number of phenolic OH excluding ortho intramolecular Hbond substituents is 2. The summed E-state index contributed by atoms with van der Waals surface area (Å²) in [7, 11) is 0. The first-order valence-corrected chi connectivity index (χ1v) is 14.6. The number of fused-ring (bicyclic) bond motifs is 2. The molecule has 0 spiro atoms. The Kier molecular flexibility index (Phi) is 7.32. The highest BCUT2D eigenvalue weighted by Crippen LogP contribution is 2.35. The van der Waals surface area contributed by atoms with E-state index in [1.54, 1.807) is 29.2 Å². The van der Waals surface area contributed by atoms with E-state index in [-0.39, 0.29) is 52.9 Å². The van der Waals surface area contributed by atoms with E-state index in [9.17, 15) is 34.2 Å². The molecule has 0 bridgehead atoms. The van der Waals surface area contributed by atoms with Crippen LogP contribution in [0.5, 0.6) is 11.5 Å². The molecule has 5 amide bonds. The van der Waals surface area contributed by atoms with Crippen molar-refractivity contribution in [3.8, 4) is 11.5 Å². The summed E-state index contributed by atoms with van der Waals surface area (Å²) < 4.78 is 0. The van der Waals surface area contributed by atoms with Gasteiger partial charge in [0, 0.05) is 37.8 Å². The predicted octanol–water partition coefficient (Wildman–Crippen LogP) is 3.43. The fourth-order valence-electron chi connectivity index (χ4n) is 6.15. The Morgan fingerprint density at radius 1 is 0.977 bits per heavy atom. The highest BCUT2D eigenvalue weighted by molar-refractivity contribution is 6.25. The van der Waals surface area contributed by atoms with Crippen molar-refractivity contribution in [2.75, 3.05) is 11.9 Å². The van der Waals surface area contributed by atoms with Crippen molar-refractivity contribution in [2.45, 2.75) is 58.2 Å². The lowest BCUT2D eigenvalue weighted by Crippen LogP contribution is -2.54. The molecule has 1 unspecified atom stereocenters. The third kappa shape index (κ3) is 5.04. The third-order valence-corrected chi connectivity index (χ3v) is 8.47. The van der Waals surface area contributed by atoms with Crippen LogP contribution in [-0.4, -0.2) is 62.1 Å². The molecular weight excluding hydrogens is 564 g/mol. The number of hydrogen-bond donors (Lipinski definition) is 4. The first kappa shape index (κ1) is 28.9. The van der Waals surface area contributed by atoms with Crippen LogP contribution in [0.4, 0.5) is 5.69 Å². The molecule has 0 aliphatic carbocycles. The van der Waals surface area contributed by atoms with Crippen LogP contribution >= 0.6 is 0 Å². The molecule has 1 saturated heterocycles. The molecule has 3 aliphatic heterocycles. The third-order valence-electron chi connectivity index (χ3n) is 8.47. The summed E-state index contributed by atoms with van der Waals surface area (Å²) in [6.07, 6.45) is 0.746.